The Morgan fingerprint density at radius 3 is 2.73 bits per heavy atom. The molecule has 0 bridgehead atoms. The largest absolute Gasteiger partial charge is 0.490 e. The number of piperidine rings is 1. The molecule has 2 N–H and O–H groups in total. The summed E-state index contributed by atoms with van der Waals surface area (Å²) in [6.07, 6.45) is 2.35. The standard InChI is InChI=1S/C17H26N2O3/c1-3-21-15-8-7-14(10-16(15)22-4-2)17(20)19-12-13-6-5-9-18-11-13/h7-8,10,13,18H,3-6,9,11-12H2,1-2H3,(H,19,20). The summed E-state index contributed by atoms with van der Waals surface area (Å²) >= 11 is 0. The van der Waals surface area contributed by atoms with Gasteiger partial charge in [0.2, 0.25) is 0 Å². The Balaban J connectivity index is 1.97. The molecule has 122 valence electrons. The summed E-state index contributed by atoms with van der Waals surface area (Å²) in [5.74, 6) is 1.76. The van der Waals surface area contributed by atoms with E-state index in [-0.39, 0.29) is 5.91 Å². The minimum atomic E-state index is -0.0606. The Kier molecular flexibility index (Phi) is 6.52. The number of amides is 1. The SMILES string of the molecule is CCOc1ccc(C(=O)NCC2CCCNC2)cc1OCC. The van der Waals surface area contributed by atoms with E-state index in [9.17, 15) is 4.79 Å². The molecule has 0 saturated carbocycles. The average molecular weight is 306 g/mol. The van der Waals surface area contributed by atoms with Crippen LogP contribution in [-0.4, -0.2) is 38.8 Å². The second kappa shape index (κ2) is 8.63. The van der Waals surface area contributed by atoms with E-state index in [4.69, 9.17) is 9.47 Å². The maximum atomic E-state index is 12.3. The van der Waals surface area contributed by atoms with Crippen molar-refractivity contribution in [2.75, 3.05) is 32.8 Å². The molecule has 0 radical (unpaired) electrons. The van der Waals surface area contributed by atoms with E-state index in [1.165, 1.54) is 12.8 Å². The lowest BCUT2D eigenvalue weighted by atomic mass is 9.99. The normalized spacial score (nSPS) is 17.8. The van der Waals surface area contributed by atoms with Crippen molar-refractivity contribution in [3.05, 3.63) is 23.8 Å². The van der Waals surface area contributed by atoms with Crippen LogP contribution in [0.5, 0.6) is 11.5 Å². The van der Waals surface area contributed by atoms with Crippen LogP contribution in [0.3, 0.4) is 0 Å². The van der Waals surface area contributed by atoms with Gasteiger partial charge in [0.1, 0.15) is 0 Å². The van der Waals surface area contributed by atoms with E-state index in [0.717, 1.165) is 13.1 Å². The third-order valence-electron chi connectivity index (χ3n) is 3.76. The first-order chi connectivity index (χ1) is 10.7. The van der Waals surface area contributed by atoms with Crippen LogP contribution in [0.1, 0.15) is 37.0 Å². The third kappa shape index (κ3) is 4.63. The van der Waals surface area contributed by atoms with E-state index < -0.39 is 0 Å². The van der Waals surface area contributed by atoms with Crippen LogP contribution >= 0.6 is 0 Å². The molecule has 1 aliphatic rings. The molecule has 1 amide bonds. The first-order valence-electron chi connectivity index (χ1n) is 8.13. The van der Waals surface area contributed by atoms with Crippen LogP contribution in [0.4, 0.5) is 0 Å². The zero-order valence-corrected chi connectivity index (χ0v) is 13.5. The summed E-state index contributed by atoms with van der Waals surface area (Å²) in [6, 6.07) is 5.33. The molecule has 0 aromatic heterocycles. The van der Waals surface area contributed by atoms with Crippen molar-refractivity contribution < 1.29 is 14.3 Å². The lowest BCUT2D eigenvalue weighted by Crippen LogP contribution is -2.38. The number of nitrogens with one attached hydrogen (secondary N) is 2. The van der Waals surface area contributed by atoms with Crippen LogP contribution in [0.2, 0.25) is 0 Å². The highest BCUT2D eigenvalue weighted by molar-refractivity contribution is 5.94. The highest BCUT2D eigenvalue weighted by Gasteiger charge is 2.16. The molecule has 1 heterocycles. The van der Waals surface area contributed by atoms with Crippen LogP contribution in [0.15, 0.2) is 18.2 Å². The van der Waals surface area contributed by atoms with Crippen molar-refractivity contribution in [3.8, 4) is 11.5 Å². The summed E-state index contributed by atoms with van der Waals surface area (Å²) in [4.78, 5) is 12.3. The molecule has 1 fully saturated rings. The van der Waals surface area contributed by atoms with Crippen molar-refractivity contribution in [2.45, 2.75) is 26.7 Å². The van der Waals surface area contributed by atoms with Gasteiger partial charge < -0.3 is 20.1 Å². The topological polar surface area (TPSA) is 59.6 Å². The third-order valence-corrected chi connectivity index (χ3v) is 3.76. The number of ether oxygens (including phenoxy) is 2. The highest BCUT2D eigenvalue weighted by Crippen LogP contribution is 2.28. The van der Waals surface area contributed by atoms with Gasteiger partial charge in [0.15, 0.2) is 11.5 Å². The van der Waals surface area contributed by atoms with Crippen molar-refractivity contribution in [2.24, 2.45) is 5.92 Å². The van der Waals surface area contributed by atoms with Gasteiger partial charge in [-0.3, -0.25) is 4.79 Å². The zero-order chi connectivity index (χ0) is 15.8. The Bertz CT molecular complexity index is 485. The van der Waals surface area contributed by atoms with Crippen LogP contribution in [0, 0.1) is 5.92 Å². The monoisotopic (exact) mass is 306 g/mol. The van der Waals surface area contributed by atoms with Crippen molar-refractivity contribution in [1.82, 2.24) is 10.6 Å². The molecule has 0 spiro atoms. The molecule has 1 aromatic carbocycles. The van der Waals surface area contributed by atoms with Crippen molar-refractivity contribution in [3.63, 3.8) is 0 Å². The van der Waals surface area contributed by atoms with Crippen LogP contribution in [0.25, 0.3) is 0 Å². The number of benzene rings is 1. The maximum Gasteiger partial charge on any atom is 0.251 e. The summed E-state index contributed by atoms with van der Waals surface area (Å²) in [5.41, 5.74) is 0.607. The van der Waals surface area contributed by atoms with Gasteiger partial charge in [-0.15, -0.1) is 0 Å². The van der Waals surface area contributed by atoms with Crippen molar-refractivity contribution in [1.29, 1.82) is 0 Å². The zero-order valence-electron chi connectivity index (χ0n) is 13.5. The van der Waals surface area contributed by atoms with Crippen molar-refractivity contribution >= 4 is 5.91 Å². The number of carbonyl (C=O) groups excluding carboxylic acids is 1. The second-order valence-electron chi connectivity index (χ2n) is 5.45. The van der Waals surface area contributed by atoms with E-state index in [1.807, 2.05) is 13.8 Å². The molecular formula is C17H26N2O3. The average Bonchev–Trinajstić information content (AvgIpc) is 2.55. The van der Waals surface area contributed by atoms with E-state index in [0.29, 0.717) is 42.7 Å². The maximum absolute atomic E-state index is 12.3. The smallest absolute Gasteiger partial charge is 0.251 e. The fourth-order valence-corrected chi connectivity index (χ4v) is 2.63. The van der Waals surface area contributed by atoms with E-state index in [2.05, 4.69) is 10.6 Å². The fraction of sp³-hybridized carbons (Fsp3) is 0.588. The molecule has 5 heteroatoms. The van der Waals surface area contributed by atoms with Gasteiger partial charge in [0, 0.05) is 12.1 Å². The molecule has 0 aliphatic carbocycles. The number of carbonyl (C=O) groups is 1. The van der Waals surface area contributed by atoms with E-state index >= 15 is 0 Å². The predicted octanol–water partition coefficient (Wildman–Crippen LogP) is 2.21. The molecule has 2 rings (SSSR count). The van der Waals surface area contributed by atoms with Gasteiger partial charge in [0.25, 0.3) is 5.91 Å². The summed E-state index contributed by atoms with van der Waals surface area (Å²) < 4.78 is 11.1. The molecule has 1 atom stereocenters. The van der Waals surface area contributed by atoms with E-state index in [1.54, 1.807) is 18.2 Å². The van der Waals surface area contributed by atoms with Gasteiger partial charge in [-0.05, 0) is 63.9 Å². The minimum absolute atomic E-state index is 0.0606. The molecule has 22 heavy (non-hydrogen) atoms. The summed E-state index contributed by atoms with van der Waals surface area (Å²) in [7, 11) is 0. The lowest BCUT2D eigenvalue weighted by Gasteiger charge is -2.23. The van der Waals surface area contributed by atoms with Gasteiger partial charge in [-0.25, -0.2) is 0 Å². The predicted molar refractivity (Wildman–Crippen MR) is 86.7 cm³/mol. The lowest BCUT2D eigenvalue weighted by molar-refractivity contribution is 0.0944. The van der Waals surface area contributed by atoms with Crippen LogP contribution in [-0.2, 0) is 0 Å². The Morgan fingerprint density at radius 2 is 2.05 bits per heavy atom. The number of hydrogen-bond donors (Lipinski definition) is 2. The van der Waals surface area contributed by atoms with Gasteiger partial charge in [-0.1, -0.05) is 0 Å². The minimum Gasteiger partial charge on any atom is -0.490 e. The highest BCUT2D eigenvalue weighted by atomic mass is 16.5. The quantitative estimate of drug-likeness (QED) is 0.811. The van der Waals surface area contributed by atoms with Gasteiger partial charge in [-0.2, -0.15) is 0 Å². The van der Waals surface area contributed by atoms with Gasteiger partial charge in [0.05, 0.1) is 13.2 Å². The molecule has 5 nitrogen and oxygen atoms in total. The molecule has 1 unspecified atom stereocenters. The summed E-state index contributed by atoms with van der Waals surface area (Å²) in [6.45, 7) is 7.73. The molecular weight excluding hydrogens is 280 g/mol. The van der Waals surface area contributed by atoms with Crippen LogP contribution < -0.4 is 20.1 Å². The Hall–Kier alpha value is -1.75. The first kappa shape index (κ1) is 16.6. The fourth-order valence-electron chi connectivity index (χ4n) is 2.63. The second-order valence-corrected chi connectivity index (χ2v) is 5.45. The van der Waals surface area contributed by atoms with Gasteiger partial charge >= 0.3 is 0 Å². The number of hydrogen-bond acceptors (Lipinski definition) is 4. The molecule has 1 saturated heterocycles. The summed E-state index contributed by atoms with van der Waals surface area (Å²) in [5, 5.41) is 6.37. The Labute approximate surface area is 132 Å². The molecule has 1 aliphatic heterocycles. The first-order valence-corrected chi connectivity index (χ1v) is 8.13. The number of rotatable bonds is 7. The molecule has 1 aromatic rings. The Morgan fingerprint density at radius 1 is 1.27 bits per heavy atom.